The van der Waals surface area contributed by atoms with Gasteiger partial charge in [-0.25, -0.2) is 9.37 Å². The minimum atomic E-state index is -0.268. The first-order valence-corrected chi connectivity index (χ1v) is 6.27. The smallest absolute Gasteiger partial charge is 0.170 e. The van der Waals surface area contributed by atoms with Crippen molar-refractivity contribution >= 4 is 5.82 Å². The molecular formula is C13H20FN3. The molecule has 0 amide bonds. The Morgan fingerprint density at radius 1 is 1.47 bits per heavy atom. The molecule has 1 aromatic heterocycles. The molecule has 1 heterocycles. The molecule has 0 bridgehead atoms. The molecule has 1 aliphatic rings. The van der Waals surface area contributed by atoms with Gasteiger partial charge in [0.15, 0.2) is 11.6 Å². The minimum Gasteiger partial charge on any atom is -0.357 e. The van der Waals surface area contributed by atoms with Crippen molar-refractivity contribution in [2.75, 3.05) is 18.5 Å². The summed E-state index contributed by atoms with van der Waals surface area (Å²) >= 11 is 0. The molecule has 0 aromatic carbocycles. The van der Waals surface area contributed by atoms with E-state index in [1.54, 1.807) is 12.3 Å². The fraction of sp³-hybridized carbons (Fsp3) is 0.615. The van der Waals surface area contributed by atoms with Crippen LogP contribution in [-0.2, 0) is 6.54 Å². The van der Waals surface area contributed by atoms with Gasteiger partial charge in [-0.1, -0.05) is 12.8 Å². The molecule has 1 aliphatic carbocycles. The van der Waals surface area contributed by atoms with Crippen LogP contribution in [0.2, 0.25) is 0 Å². The van der Waals surface area contributed by atoms with E-state index in [2.05, 4.69) is 4.98 Å². The van der Waals surface area contributed by atoms with Gasteiger partial charge in [-0.15, -0.1) is 0 Å². The lowest BCUT2D eigenvalue weighted by Gasteiger charge is -2.23. The second-order valence-electron chi connectivity index (χ2n) is 4.84. The van der Waals surface area contributed by atoms with Crippen molar-refractivity contribution in [2.45, 2.75) is 32.2 Å². The second kappa shape index (κ2) is 5.45. The van der Waals surface area contributed by atoms with Crippen LogP contribution < -0.4 is 10.6 Å². The van der Waals surface area contributed by atoms with E-state index in [-0.39, 0.29) is 12.4 Å². The fourth-order valence-electron chi connectivity index (χ4n) is 2.56. The van der Waals surface area contributed by atoms with Gasteiger partial charge < -0.3 is 10.6 Å². The van der Waals surface area contributed by atoms with E-state index in [0.717, 1.165) is 6.54 Å². The van der Waals surface area contributed by atoms with Gasteiger partial charge in [-0.2, -0.15) is 0 Å². The summed E-state index contributed by atoms with van der Waals surface area (Å²) in [6.07, 6.45) is 6.74. The summed E-state index contributed by atoms with van der Waals surface area (Å²) < 4.78 is 14.0. The normalized spacial score (nSPS) is 16.4. The van der Waals surface area contributed by atoms with E-state index in [4.69, 9.17) is 5.73 Å². The number of nitrogens with two attached hydrogens (primary N) is 1. The quantitative estimate of drug-likeness (QED) is 0.873. The average molecular weight is 237 g/mol. The molecule has 0 saturated heterocycles. The standard InChI is InChI=1S/C13H20FN3/c1-17(9-10-4-2-3-5-10)13-12(14)11(8-15)6-7-16-13/h6-7,10H,2-5,8-9,15H2,1H3. The summed E-state index contributed by atoms with van der Waals surface area (Å²) in [5.41, 5.74) is 6.03. The fourth-order valence-corrected chi connectivity index (χ4v) is 2.56. The molecule has 0 spiro atoms. The highest BCUT2D eigenvalue weighted by Crippen LogP contribution is 2.27. The lowest BCUT2D eigenvalue weighted by atomic mass is 10.1. The van der Waals surface area contributed by atoms with E-state index in [9.17, 15) is 4.39 Å². The van der Waals surface area contributed by atoms with Crippen LogP contribution in [0.1, 0.15) is 31.2 Å². The van der Waals surface area contributed by atoms with Crippen molar-refractivity contribution in [3.8, 4) is 0 Å². The Bertz CT molecular complexity index is 375. The second-order valence-corrected chi connectivity index (χ2v) is 4.84. The van der Waals surface area contributed by atoms with E-state index in [0.29, 0.717) is 17.3 Å². The van der Waals surface area contributed by atoms with Crippen LogP contribution in [0, 0.1) is 11.7 Å². The van der Waals surface area contributed by atoms with Gasteiger partial charge in [-0.05, 0) is 24.8 Å². The van der Waals surface area contributed by atoms with Crippen molar-refractivity contribution in [3.05, 3.63) is 23.6 Å². The van der Waals surface area contributed by atoms with Gasteiger partial charge in [0.1, 0.15) is 0 Å². The van der Waals surface area contributed by atoms with Crippen molar-refractivity contribution in [2.24, 2.45) is 11.7 Å². The minimum absolute atomic E-state index is 0.221. The third kappa shape index (κ3) is 2.75. The average Bonchev–Trinajstić information content (AvgIpc) is 2.82. The lowest BCUT2D eigenvalue weighted by molar-refractivity contribution is 0.533. The van der Waals surface area contributed by atoms with Crippen molar-refractivity contribution in [3.63, 3.8) is 0 Å². The van der Waals surface area contributed by atoms with Gasteiger partial charge in [0.05, 0.1) is 0 Å². The number of pyridine rings is 1. The molecule has 0 atom stereocenters. The van der Waals surface area contributed by atoms with Crippen molar-refractivity contribution in [1.82, 2.24) is 4.98 Å². The Kier molecular flexibility index (Phi) is 3.94. The van der Waals surface area contributed by atoms with Crippen LogP contribution >= 0.6 is 0 Å². The number of hydrogen-bond acceptors (Lipinski definition) is 3. The maximum absolute atomic E-state index is 14.0. The predicted molar refractivity (Wildman–Crippen MR) is 67.3 cm³/mol. The molecule has 1 fully saturated rings. The topological polar surface area (TPSA) is 42.2 Å². The maximum Gasteiger partial charge on any atom is 0.170 e. The third-order valence-corrected chi connectivity index (χ3v) is 3.54. The summed E-state index contributed by atoms with van der Waals surface area (Å²) in [4.78, 5) is 6.05. The molecule has 3 nitrogen and oxygen atoms in total. The molecule has 0 radical (unpaired) electrons. The third-order valence-electron chi connectivity index (χ3n) is 3.54. The van der Waals surface area contributed by atoms with E-state index in [1.807, 2.05) is 11.9 Å². The number of rotatable bonds is 4. The molecule has 2 rings (SSSR count). The number of halogens is 1. The first-order chi connectivity index (χ1) is 8.22. The Morgan fingerprint density at radius 2 is 2.18 bits per heavy atom. The molecule has 1 saturated carbocycles. The van der Waals surface area contributed by atoms with E-state index >= 15 is 0 Å². The summed E-state index contributed by atoms with van der Waals surface area (Å²) in [5.74, 6) is 0.845. The molecular weight excluding hydrogens is 217 g/mol. The molecule has 1 aromatic rings. The van der Waals surface area contributed by atoms with Gasteiger partial charge in [-0.3, -0.25) is 0 Å². The summed E-state index contributed by atoms with van der Waals surface area (Å²) in [6, 6.07) is 1.64. The first kappa shape index (κ1) is 12.3. The molecule has 17 heavy (non-hydrogen) atoms. The zero-order valence-electron chi connectivity index (χ0n) is 10.3. The van der Waals surface area contributed by atoms with Gasteiger partial charge in [0.2, 0.25) is 0 Å². The van der Waals surface area contributed by atoms with Crippen LogP contribution in [0.3, 0.4) is 0 Å². The van der Waals surface area contributed by atoms with Crippen LogP contribution in [0.25, 0.3) is 0 Å². The highest BCUT2D eigenvalue weighted by atomic mass is 19.1. The van der Waals surface area contributed by atoms with Crippen LogP contribution in [0.5, 0.6) is 0 Å². The first-order valence-electron chi connectivity index (χ1n) is 6.27. The maximum atomic E-state index is 14.0. The largest absolute Gasteiger partial charge is 0.357 e. The molecule has 0 aliphatic heterocycles. The number of hydrogen-bond donors (Lipinski definition) is 1. The summed E-state index contributed by atoms with van der Waals surface area (Å²) in [5, 5.41) is 0. The highest BCUT2D eigenvalue weighted by molar-refractivity contribution is 5.42. The van der Waals surface area contributed by atoms with Crippen LogP contribution in [-0.4, -0.2) is 18.6 Å². The van der Waals surface area contributed by atoms with Gasteiger partial charge in [0.25, 0.3) is 0 Å². The Labute approximate surface area is 102 Å². The van der Waals surface area contributed by atoms with Gasteiger partial charge >= 0.3 is 0 Å². The van der Waals surface area contributed by atoms with Crippen LogP contribution in [0.4, 0.5) is 10.2 Å². The van der Waals surface area contributed by atoms with Crippen LogP contribution in [0.15, 0.2) is 12.3 Å². The zero-order valence-corrected chi connectivity index (χ0v) is 10.3. The number of anilines is 1. The Hall–Kier alpha value is -1.16. The zero-order chi connectivity index (χ0) is 12.3. The van der Waals surface area contributed by atoms with Gasteiger partial charge in [0, 0.05) is 31.9 Å². The van der Waals surface area contributed by atoms with Crippen molar-refractivity contribution in [1.29, 1.82) is 0 Å². The molecule has 94 valence electrons. The highest BCUT2D eigenvalue weighted by Gasteiger charge is 2.19. The van der Waals surface area contributed by atoms with Crippen molar-refractivity contribution < 1.29 is 4.39 Å². The monoisotopic (exact) mass is 237 g/mol. The summed E-state index contributed by atoms with van der Waals surface area (Å²) in [6.45, 7) is 1.11. The lowest BCUT2D eigenvalue weighted by Crippen LogP contribution is -2.26. The Balaban J connectivity index is 2.09. The number of nitrogens with zero attached hydrogens (tertiary/aromatic N) is 2. The molecule has 0 unspecified atom stereocenters. The summed E-state index contributed by atoms with van der Waals surface area (Å²) in [7, 11) is 1.91. The Morgan fingerprint density at radius 3 is 2.82 bits per heavy atom. The molecule has 4 heteroatoms. The SMILES string of the molecule is CN(CC1CCCC1)c1nccc(CN)c1F. The molecule has 2 N–H and O–H groups in total. The van der Waals surface area contributed by atoms with E-state index in [1.165, 1.54) is 25.7 Å². The predicted octanol–water partition coefficient (Wildman–Crippen LogP) is 2.31. The number of aromatic nitrogens is 1. The van der Waals surface area contributed by atoms with E-state index < -0.39 is 0 Å².